The fourth-order valence-corrected chi connectivity index (χ4v) is 2.59. The molecule has 0 atom stereocenters. The molecule has 7 heteroatoms. The molecular formula is C16H18N4O3. The first-order chi connectivity index (χ1) is 11.2. The molecule has 0 fully saturated rings. The molecule has 0 aliphatic rings. The Hall–Kier alpha value is -2.67. The van der Waals surface area contributed by atoms with Crippen molar-refractivity contribution in [3.63, 3.8) is 0 Å². The summed E-state index contributed by atoms with van der Waals surface area (Å²) in [5, 5.41) is 2.75. The van der Waals surface area contributed by atoms with E-state index >= 15 is 0 Å². The minimum absolute atomic E-state index is 0.117. The molecule has 0 saturated heterocycles. The van der Waals surface area contributed by atoms with Gasteiger partial charge < -0.3 is 14.5 Å². The molecule has 0 aliphatic heterocycles. The molecule has 0 aromatic carbocycles. The molecule has 0 bridgehead atoms. The first-order valence-corrected chi connectivity index (χ1v) is 7.42. The van der Waals surface area contributed by atoms with Crippen LogP contribution in [0.1, 0.15) is 6.42 Å². The zero-order chi connectivity index (χ0) is 16.2. The fourth-order valence-electron chi connectivity index (χ4n) is 2.59. The first kappa shape index (κ1) is 15.2. The number of nitrogens with zero attached hydrogens (tertiary/aromatic N) is 3. The number of amides is 1. The topological polar surface area (TPSA) is 77.6 Å². The molecule has 120 valence electrons. The highest BCUT2D eigenvalue weighted by atomic mass is 16.5. The predicted molar refractivity (Wildman–Crippen MR) is 86.5 cm³/mol. The summed E-state index contributed by atoms with van der Waals surface area (Å²) in [6.45, 7) is 1.21. The van der Waals surface area contributed by atoms with Gasteiger partial charge in [-0.3, -0.25) is 14.2 Å². The lowest BCUT2D eigenvalue weighted by molar-refractivity contribution is -0.121. The summed E-state index contributed by atoms with van der Waals surface area (Å²) in [5.74, 6) is -0.117. The Labute approximate surface area is 132 Å². The number of hydrogen-bond donors (Lipinski definition) is 1. The van der Waals surface area contributed by atoms with Gasteiger partial charge >= 0.3 is 0 Å². The number of aromatic nitrogens is 3. The van der Waals surface area contributed by atoms with Gasteiger partial charge in [0.25, 0.3) is 5.56 Å². The maximum absolute atomic E-state index is 12.6. The van der Waals surface area contributed by atoms with Crippen LogP contribution in [0, 0.1) is 0 Å². The maximum atomic E-state index is 12.6. The number of ether oxygens (including phenoxy) is 1. The van der Waals surface area contributed by atoms with Crippen LogP contribution in [0.4, 0.5) is 0 Å². The van der Waals surface area contributed by atoms with Gasteiger partial charge in [-0.25, -0.2) is 4.98 Å². The van der Waals surface area contributed by atoms with Crippen molar-refractivity contribution in [2.75, 3.05) is 20.3 Å². The van der Waals surface area contributed by atoms with Crippen LogP contribution in [0.3, 0.4) is 0 Å². The van der Waals surface area contributed by atoms with Gasteiger partial charge in [0.05, 0.1) is 12.1 Å². The smallest absolute Gasteiger partial charge is 0.276 e. The Kier molecular flexibility index (Phi) is 4.38. The van der Waals surface area contributed by atoms with E-state index < -0.39 is 0 Å². The Balaban J connectivity index is 1.91. The molecule has 1 N–H and O–H groups in total. The number of carbonyl (C=O) groups is 1. The van der Waals surface area contributed by atoms with Crippen LogP contribution in [0.2, 0.25) is 0 Å². The Morgan fingerprint density at radius 3 is 2.96 bits per heavy atom. The van der Waals surface area contributed by atoms with Gasteiger partial charge in [0.15, 0.2) is 5.65 Å². The standard InChI is InChI=1S/C16H18N4O3/c1-23-11-8-17-14(21)6-10-20-15-12(4-2-7-18-15)19-9-3-5-13(19)16(20)22/h2-5,7,9H,6,8,10-11H2,1H3,(H,17,21). The van der Waals surface area contributed by atoms with E-state index in [1.807, 2.05) is 28.8 Å². The summed E-state index contributed by atoms with van der Waals surface area (Å²) >= 11 is 0. The summed E-state index contributed by atoms with van der Waals surface area (Å²) < 4.78 is 8.26. The summed E-state index contributed by atoms with van der Waals surface area (Å²) in [5.41, 5.74) is 1.84. The van der Waals surface area contributed by atoms with Gasteiger partial charge in [0, 0.05) is 39.0 Å². The zero-order valence-corrected chi connectivity index (χ0v) is 12.9. The van der Waals surface area contributed by atoms with E-state index in [4.69, 9.17) is 4.74 Å². The monoisotopic (exact) mass is 314 g/mol. The highest BCUT2D eigenvalue weighted by Crippen LogP contribution is 2.12. The summed E-state index contributed by atoms with van der Waals surface area (Å²) in [6, 6.07) is 7.33. The lowest BCUT2D eigenvalue weighted by atomic mass is 10.3. The summed E-state index contributed by atoms with van der Waals surface area (Å²) in [6.07, 6.45) is 3.70. The van der Waals surface area contributed by atoms with Crippen molar-refractivity contribution in [2.24, 2.45) is 0 Å². The van der Waals surface area contributed by atoms with Gasteiger partial charge in [-0.1, -0.05) is 0 Å². The zero-order valence-electron chi connectivity index (χ0n) is 12.9. The molecule has 0 unspecified atom stereocenters. The Morgan fingerprint density at radius 2 is 2.13 bits per heavy atom. The average Bonchev–Trinajstić information content (AvgIpc) is 3.05. The van der Waals surface area contributed by atoms with Crippen LogP contribution in [-0.4, -0.2) is 40.1 Å². The molecule has 3 heterocycles. The van der Waals surface area contributed by atoms with Gasteiger partial charge in [0.1, 0.15) is 5.52 Å². The lowest BCUT2D eigenvalue weighted by Crippen LogP contribution is -2.30. The number of carbonyl (C=O) groups excluding carboxylic acids is 1. The van der Waals surface area contributed by atoms with Gasteiger partial charge in [-0.2, -0.15) is 0 Å². The number of rotatable bonds is 6. The van der Waals surface area contributed by atoms with Crippen molar-refractivity contribution in [3.05, 3.63) is 47.0 Å². The highest BCUT2D eigenvalue weighted by Gasteiger charge is 2.12. The molecule has 3 rings (SSSR count). The van der Waals surface area contributed by atoms with E-state index in [1.165, 1.54) is 0 Å². The normalized spacial score (nSPS) is 11.2. The van der Waals surface area contributed by atoms with Gasteiger partial charge in [-0.15, -0.1) is 0 Å². The predicted octanol–water partition coefficient (Wildman–Crippen LogP) is 0.802. The molecule has 23 heavy (non-hydrogen) atoms. The van der Waals surface area contributed by atoms with E-state index in [9.17, 15) is 9.59 Å². The number of nitrogens with one attached hydrogen (secondary N) is 1. The summed E-state index contributed by atoms with van der Waals surface area (Å²) in [4.78, 5) is 28.8. The van der Waals surface area contributed by atoms with E-state index in [0.29, 0.717) is 24.3 Å². The Bertz CT molecular complexity index is 897. The molecular weight excluding hydrogens is 296 g/mol. The van der Waals surface area contributed by atoms with Crippen LogP contribution < -0.4 is 10.9 Å². The van der Waals surface area contributed by atoms with Crippen molar-refractivity contribution < 1.29 is 9.53 Å². The minimum Gasteiger partial charge on any atom is -0.383 e. The third-order valence-electron chi connectivity index (χ3n) is 3.69. The third kappa shape index (κ3) is 2.95. The lowest BCUT2D eigenvalue weighted by Gasteiger charge is -2.11. The van der Waals surface area contributed by atoms with E-state index in [1.54, 1.807) is 23.9 Å². The summed E-state index contributed by atoms with van der Waals surface area (Å²) in [7, 11) is 1.58. The highest BCUT2D eigenvalue weighted by molar-refractivity contribution is 5.77. The second-order valence-corrected chi connectivity index (χ2v) is 5.16. The molecule has 0 radical (unpaired) electrons. The van der Waals surface area contributed by atoms with E-state index in [0.717, 1.165) is 5.52 Å². The molecule has 3 aromatic heterocycles. The van der Waals surface area contributed by atoms with Crippen molar-refractivity contribution in [1.29, 1.82) is 0 Å². The van der Waals surface area contributed by atoms with E-state index in [-0.39, 0.29) is 24.4 Å². The molecule has 7 nitrogen and oxygen atoms in total. The van der Waals surface area contributed by atoms with Gasteiger partial charge in [0.2, 0.25) is 5.91 Å². The molecule has 1 amide bonds. The van der Waals surface area contributed by atoms with Crippen molar-refractivity contribution in [3.8, 4) is 0 Å². The van der Waals surface area contributed by atoms with Crippen molar-refractivity contribution in [2.45, 2.75) is 13.0 Å². The molecule has 0 spiro atoms. The quantitative estimate of drug-likeness (QED) is 0.683. The number of pyridine rings is 1. The second kappa shape index (κ2) is 6.62. The van der Waals surface area contributed by atoms with Crippen LogP contribution in [-0.2, 0) is 16.1 Å². The SMILES string of the molecule is COCCNC(=O)CCn1c(=O)c2cccn2c2cccnc21. The molecule has 0 aliphatic carbocycles. The number of aryl methyl sites for hydroxylation is 1. The van der Waals surface area contributed by atoms with Crippen LogP contribution >= 0.6 is 0 Å². The molecule has 3 aromatic rings. The number of hydrogen-bond acceptors (Lipinski definition) is 4. The minimum atomic E-state index is -0.147. The van der Waals surface area contributed by atoms with Crippen LogP contribution in [0.15, 0.2) is 41.5 Å². The van der Waals surface area contributed by atoms with Crippen LogP contribution in [0.5, 0.6) is 0 Å². The first-order valence-electron chi connectivity index (χ1n) is 7.42. The average molecular weight is 314 g/mol. The van der Waals surface area contributed by atoms with Crippen molar-refractivity contribution in [1.82, 2.24) is 19.3 Å². The van der Waals surface area contributed by atoms with Gasteiger partial charge in [-0.05, 0) is 24.3 Å². The third-order valence-corrected chi connectivity index (χ3v) is 3.69. The number of fused-ring (bicyclic) bond motifs is 3. The second-order valence-electron chi connectivity index (χ2n) is 5.16. The Morgan fingerprint density at radius 1 is 1.30 bits per heavy atom. The fraction of sp³-hybridized carbons (Fsp3) is 0.312. The van der Waals surface area contributed by atoms with Crippen LogP contribution in [0.25, 0.3) is 16.7 Å². The van der Waals surface area contributed by atoms with Crippen molar-refractivity contribution >= 4 is 22.6 Å². The van der Waals surface area contributed by atoms with E-state index in [2.05, 4.69) is 10.3 Å². The number of methoxy groups -OCH3 is 1. The molecule has 0 saturated carbocycles. The largest absolute Gasteiger partial charge is 0.383 e. The maximum Gasteiger partial charge on any atom is 0.276 e.